The van der Waals surface area contributed by atoms with Gasteiger partial charge < -0.3 is 0 Å². The number of hydrogen-bond donors (Lipinski definition) is 0. The standard InChI is InChI=1S/C13H11FOS/c1-8(15)13-7-11(9(2)16-13)10-5-3-4-6-12(10)14/h3-7H,1-2H3. The number of benzene rings is 1. The Labute approximate surface area is 97.6 Å². The van der Waals surface area contributed by atoms with Gasteiger partial charge in [0.2, 0.25) is 0 Å². The SMILES string of the molecule is CC(=O)c1cc(-c2ccccc2F)c(C)s1. The van der Waals surface area contributed by atoms with E-state index in [4.69, 9.17) is 0 Å². The fourth-order valence-electron chi connectivity index (χ4n) is 1.60. The zero-order chi connectivity index (χ0) is 11.7. The maximum absolute atomic E-state index is 13.6. The molecule has 0 atom stereocenters. The fourth-order valence-corrected chi connectivity index (χ4v) is 2.53. The highest BCUT2D eigenvalue weighted by atomic mass is 32.1. The second-order valence-electron chi connectivity index (χ2n) is 3.62. The quantitative estimate of drug-likeness (QED) is 0.716. The molecule has 2 rings (SSSR count). The zero-order valence-electron chi connectivity index (χ0n) is 9.08. The van der Waals surface area contributed by atoms with Gasteiger partial charge in [0.05, 0.1) is 4.88 Å². The van der Waals surface area contributed by atoms with Crippen molar-refractivity contribution in [1.82, 2.24) is 0 Å². The molecule has 0 saturated carbocycles. The summed E-state index contributed by atoms with van der Waals surface area (Å²) in [5.41, 5.74) is 1.37. The van der Waals surface area contributed by atoms with E-state index in [9.17, 15) is 9.18 Å². The number of Topliss-reactive ketones (excluding diaryl/α,β-unsaturated/α-hetero) is 1. The highest BCUT2D eigenvalue weighted by Crippen LogP contribution is 2.32. The van der Waals surface area contributed by atoms with E-state index in [-0.39, 0.29) is 11.6 Å². The molecule has 0 aliphatic heterocycles. The third-order valence-electron chi connectivity index (χ3n) is 2.43. The van der Waals surface area contributed by atoms with E-state index < -0.39 is 0 Å². The summed E-state index contributed by atoms with van der Waals surface area (Å²) in [6.07, 6.45) is 0. The van der Waals surface area contributed by atoms with Crippen molar-refractivity contribution in [2.24, 2.45) is 0 Å². The van der Waals surface area contributed by atoms with Gasteiger partial charge in [-0.3, -0.25) is 4.79 Å². The Balaban J connectivity index is 2.57. The average Bonchev–Trinajstić information content (AvgIpc) is 2.61. The number of thiophene rings is 1. The molecule has 82 valence electrons. The maximum Gasteiger partial charge on any atom is 0.169 e. The van der Waals surface area contributed by atoms with Crippen molar-refractivity contribution < 1.29 is 9.18 Å². The molecule has 3 heteroatoms. The van der Waals surface area contributed by atoms with E-state index in [0.717, 1.165) is 10.4 Å². The number of ketones is 1. The van der Waals surface area contributed by atoms with Gasteiger partial charge in [0.1, 0.15) is 5.82 Å². The second-order valence-corrected chi connectivity index (χ2v) is 4.87. The lowest BCUT2D eigenvalue weighted by Crippen LogP contribution is -1.85. The van der Waals surface area contributed by atoms with Crippen LogP contribution >= 0.6 is 11.3 Å². The maximum atomic E-state index is 13.6. The summed E-state index contributed by atoms with van der Waals surface area (Å²) < 4.78 is 13.6. The Bertz CT molecular complexity index is 543. The lowest BCUT2D eigenvalue weighted by atomic mass is 10.1. The third kappa shape index (κ3) is 1.91. The molecule has 0 N–H and O–H groups in total. The van der Waals surface area contributed by atoms with Gasteiger partial charge in [-0.05, 0) is 31.5 Å². The van der Waals surface area contributed by atoms with Crippen molar-refractivity contribution in [3.05, 3.63) is 45.9 Å². The first-order valence-corrected chi connectivity index (χ1v) is 5.77. The smallest absolute Gasteiger partial charge is 0.169 e. The van der Waals surface area contributed by atoms with Crippen molar-refractivity contribution in [3.63, 3.8) is 0 Å². The molecule has 0 unspecified atom stereocenters. The Kier molecular flexibility index (Phi) is 2.88. The topological polar surface area (TPSA) is 17.1 Å². The fraction of sp³-hybridized carbons (Fsp3) is 0.154. The second kappa shape index (κ2) is 4.18. The van der Waals surface area contributed by atoms with E-state index in [2.05, 4.69) is 0 Å². The third-order valence-corrected chi connectivity index (χ3v) is 3.58. The molecule has 0 fully saturated rings. The first kappa shape index (κ1) is 11.0. The van der Waals surface area contributed by atoms with Gasteiger partial charge in [-0.15, -0.1) is 11.3 Å². The van der Waals surface area contributed by atoms with Crippen molar-refractivity contribution in [1.29, 1.82) is 0 Å². The summed E-state index contributed by atoms with van der Waals surface area (Å²) in [6.45, 7) is 3.43. The van der Waals surface area contributed by atoms with Crippen LogP contribution in [0.4, 0.5) is 4.39 Å². The molecule has 0 aliphatic rings. The number of carbonyl (C=O) groups excluding carboxylic acids is 1. The minimum Gasteiger partial charge on any atom is -0.294 e. The van der Waals surface area contributed by atoms with Gasteiger partial charge in [0.25, 0.3) is 0 Å². The highest BCUT2D eigenvalue weighted by molar-refractivity contribution is 7.14. The van der Waals surface area contributed by atoms with Crippen LogP contribution in [0.5, 0.6) is 0 Å². The highest BCUT2D eigenvalue weighted by Gasteiger charge is 2.12. The largest absolute Gasteiger partial charge is 0.294 e. The predicted molar refractivity (Wildman–Crippen MR) is 64.5 cm³/mol. The molecular formula is C13H11FOS. The molecule has 0 amide bonds. The van der Waals surface area contributed by atoms with E-state index in [1.807, 2.05) is 6.92 Å². The van der Waals surface area contributed by atoms with Crippen LogP contribution in [0.3, 0.4) is 0 Å². The molecule has 0 bridgehead atoms. The molecule has 1 aromatic heterocycles. The number of rotatable bonds is 2. The first-order valence-electron chi connectivity index (χ1n) is 4.96. The van der Waals surface area contributed by atoms with Gasteiger partial charge in [-0.1, -0.05) is 18.2 Å². The molecule has 0 radical (unpaired) electrons. The molecule has 0 spiro atoms. The van der Waals surface area contributed by atoms with Crippen LogP contribution in [-0.2, 0) is 0 Å². The molecule has 2 aromatic rings. The van der Waals surface area contributed by atoms with E-state index in [0.29, 0.717) is 10.4 Å². The molecular weight excluding hydrogens is 223 g/mol. The first-order chi connectivity index (χ1) is 7.59. The summed E-state index contributed by atoms with van der Waals surface area (Å²) >= 11 is 1.41. The van der Waals surface area contributed by atoms with Crippen molar-refractivity contribution in [2.75, 3.05) is 0 Å². The Hall–Kier alpha value is -1.48. The van der Waals surface area contributed by atoms with E-state index >= 15 is 0 Å². The molecule has 1 nitrogen and oxygen atoms in total. The number of aryl methyl sites for hydroxylation is 1. The molecule has 0 saturated heterocycles. The van der Waals surface area contributed by atoms with Crippen LogP contribution < -0.4 is 0 Å². The number of carbonyl (C=O) groups is 1. The molecule has 0 aliphatic carbocycles. The van der Waals surface area contributed by atoms with E-state index in [1.54, 1.807) is 24.3 Å². The number of hydrogen-bond acceptors (Lipinski definition) is 2. The van der Waals surface area contributed by atoms with Crippen molar-refractivity contribution >= 4 is 17.1 Å². The molecule has 16 heavy (non-hydrogen) atoms. The Morgan fingerprint density at radius 3 is 2.50 bits per heavy atom. The van der Waals surface area contributed by atoms with Gasteiger partial charge in [0, 0.05) is 10.4 Å². The lowest BCUT2D eigenvalue weighted by Gasteiger charge is -2.00. The minimum atomic E-state index is -0.251. The van der Waals surface area contributed by atoms with Gasteiger partial charge in [-0.25, -0.2) is 4.39 Å². The summed E-state index contributed by atoms with van der Waals surface area (Å²) in [5, 5.41) is 0. The Morgan fingerprint density at radius 2 is 1.94 bits per heavy atom. The van der Waals surface area contributed by atoms with Gasteiger partial charge >= 0.3 is 0 Å². The predicted octanol–water partition coefficient (Wildman–Crippen LogP) is 4.07. The molecule has 1 aromatic carbocycles. The summed E-state index contributed by atoms with van der Waals surface area (Å²) in [7, 11) is 0. The van der Waals surface area contributed by atoms with E-state index in [1.165, 1.54) is 24.3 Å². The summed E-state index contributed by atoms with van der Waals surface area (Å²) in [5.74, 6) is -0.228. The monoisotopic (exact) mass is 234 g/mol. The van der Waals surface area contributed by atoms with Crippen LogP contribution in [-0.4, -0.2) is 5.78 Å². The average molecular weight is 234 g/mol. The lowest BCUT2D eigenvalue weighted by molar-refractivity contribution is 0.102. The van der Waals surface area contributed by atoms with Crippen LogP contribution in [0, 0.1) is 12.7 Å². The summed E-state index contributed by atoms with van der Waals surface area (Å²) in [6, 6.07) is 8.38. The number of halogens is 1. The van der Waals surface area contributed by atoms with Crippen LogP contribution in [0.15, 0.2) is 30.3 Å². The van der Waals surface area contributed by atoms with Crippen LogP contribution in [0.1, 0.15) is 21.5 Å². The Morgan fingerprint density at radius 1 is 1.25 bits per heavy atom. The van der Waals surface area contributed by atoms with Gasteiger partial charge in [0.15, 0.2) is 5.78 Å². The zero-order valence-corrected chi connectivity index (χ0v) is 9.90. The van der Waals surface area contributed by atoms with Crippen LogP contribution in [0.2, 0.25) is 0 Å². The van der Waals surface area contributed by atoms with Crippen molar-refractivity contribution in [2.45, 2.75) is 13.8 Å². The molecule has 1 heterocycles. The van der Waals surface area contributed by atoms with Crippen LogP contribution in [0.25, 0.3) is 11.1 Å². The van der Waals surface area contributed by atoms with Crippen molar-refractivity contribution in [3.8, 4) is 11.1 Å². The normalized spacial score (nSPS) is 10.4. The minimum absolute atomic E-state index is 0.0238. The van der Waals surface area contributed by atoms with Gasteiger partial charge in [-0.2, -0.15) is 0 Å². The summed E-state index contributed by atoms with van der Waals surface area (Å²) in [4.78, 5) is 12.9.